The third-order valence-electron chi connectivity index (χ3n) is 3.70. The van der Waals surface area contributed by atoms with Crippen LogP contribution in [0.25, 0.3) is 10.9 Å². The number of aromatic amines is 1. The summed E-state index contributed by atoms with van der Waals surface area (Å²) in [7, 11) is 0. The highest BCUT2D eigenvalue weighted by molar-refractivity contribution is 5.80. The van der Waals surface area contributed by atoms with Crippen molar-refractivity contribution in [2.45, 2.75) is 38.5 Å². The van der Waals surface area contributed by atoms with Gasteiger partial charge in [-0.15, -0.1) is 0 Å². The van der Waals surface area contributed by atoms with Crippen molar-refractivity contribution in [3.8, 4) is 0 Å². The van der Waals surface area contributed by atoms with Crippen molar-refractivity contribution in [1.82, 2.24) is 9.97 Å². The Bertz CT molecular complexity index is 609. The smallest absolute Gasteiger partial charge is 0.258 e. The molecule has 0 saturated heterocycles. The summed E-state index contributed by atoms with van der Waals surface area (Å²) in [5, 5.41) is 0.701. The molecule has 88 valence electrons. The zero-order valence-corrected chi connectivity index (χ0v) is 9.99. The van der Waals surface area contributed by atoms with Crippen molar-refractivity contribution in [2.24, 2.45) is 0 Å². The summed E-state index contributed by atoms with van der Waals surface area (Å²) in [6.45, 7) is 2.01. The quantitative estimate of drug-likeness (QED) is 0.815. The summed E-state index contributed by atoms with van der Waals surface area (Å²) < 4.78 is 0. The Hall–Kier alpha value is -1.64. The lowest BCUT2D eigenvalue weighted by atomic mass is 10.1. The van der Waals surface area contributed by atoms with Crippen LogP contribution >= 0.6 is 0 Å². The maximum atomic E-state index is 12.0. The Balaban J connectivity index is 2.22. The predicted molar refractivity (Wildman–Crippen MR) is 68.3 cm³/mol. The molecule has 1 N–H and O–H groups in total. The van der Waals surface area contributed by atoms with Gasteiger partial charge in [-0.3, -0.25) is 4.79 Å². The Kier molecular flexibility index (Phi) is 2.46. The lowest BCUT2D eigenvalue weighted by Crippen LogP contribution is -2.14. The number of benzene rings is 1. The number of para-hydroxylation sites is 1. The van der Waals surface area contributed by atoms with Gasteiger partial charge in [0.1, 0.15) is 5.82 Å². The molecule has 0 atom stereocenters. The van der Waals surface area contributed by atoms with Crippen molar-refractivity contribution in [3.05, 3.63) is 39.9 Å². The number of aryl methyl sites for hydroxylation is 1. The fraction of sp³-hybridized carbons (Fsp3) is 0.429. The lowest BCUT2D eigenvalue weighted by molar-refractivity contribution is 0.669. The standard InChI is InChI=1S/C14H16N2O/c1-9-5-4-8-11-12(9)15-13(16-14(11)17)10-6-2-3-7-10/h4-5,8,10H,2-3,6-7H2,1H3,(H,15,16,17). The highest BCUT2D eigenvalue weighted by atomic mass is 16.1. The van der Waals surface area contributed by atoms with Crippen LogP contribution in [-0.4, -0.2) is 9.97 Å². The Labute approximate surface area is 99.9 Å². The fourth-order valence-corrected chi connectivity index (χ4v) is 2.72. The Morgan fingerprint density at radius 1 is 1.29 bits per heavy atom. The molecule has 0 radical (unpaired) electrons. The second-order valence-corrected chi connectivity index (χ2v) is 4.90. The van der Waals surface area contributed by atoms with Gasteiger partial charge in [0.15, 0.2) is 0 Å². The van der Waals surface area contributed by atoms with Gasteiger partial charge in [-0.25, -0.2) is 4.98 Å². The second-order valence-electron chi connectivity index (χ2n) is 4.90. The van der Waals surface area contributed by atoms with Crippen molar-refractivity contribution in [2.75, 3.05) is 0 Å². The maximum Gasteiger partial charge on any atom is 0.258 e. The summed E-state index contributed by atoms with van der Waals surface area (Å²) in [5.74, 6) is 1.33. The molecule has 3 nitrogen and oxygen atoms in total. The van der Waals surface area contributed by atoms with Crippen LogP contribution < -0.4 is 5.56 Å². The van der Waals surface area contributed by atoms with Crippen molar-refractivity contribution < 1.29 is 0 Å². The van der Waals surface area contributed by atoms with Crippen LogP contribution in [0.5, 0.6) is 0 Å². The number of H-pyrrole nitrogens is 1. The molecule has 1 aliphatic carbocycles. The van der Waals surface area contributed by atoms with Crippen LogP contribution in [0.2, 0.25) is 0 Å². The molecule has 0 aliphatic heterocycles. The first-order valence-corrected chi connectivity index (χ1v) is 6.25. The molecule has 0 amide bonds. The van der Waals surface area contributed by atoms with Crippen LogP contribution in [0.1, 0.15) is 43.0 Å². The van der Waals surface area contributed by atoms with Crippen LogP contribution in [-0.2, 0) is 0 Å². The van der Waals surface area contributed by atoms with E-state index in [4.69, 9.17) is 0 Å². The van der Waals surface area contributed by atoms with Crippen molar-refractivity contribution in [3.63, 3.8) is 0 Å². The van der Waals surface area contributed by atoms with Crippen LogP contribution in [0.4, 0.5) is 0 Å². The first-order chi connectivity index (χ1) is 8.25. The molecule has 3 rings (SSSR count). The van der Waals surface area contributed by atoms with Gasteiger partial charge in [-0.05, 0) is 31.4 Å². The van der Waals surface area contributed by atoms with E-state index in [-0.39, 0.29) is 5.56 Å². The SMILES string of the molecule is Cc1cccc2c(=O)[nH]c(C3CCCC3)nc12. The van der Waals surface area contributed by atoms with Gasteiger partial charge in [-0.1, -0.05) is 25.0 Å². The van der Waals surface area contributed by atoms with Crippen LogP contribution in [0.15, 0.2) is 23.0 Å². The van der Waals surface area contributed by atoms with E-state index in [0.29, 0.717) is 11.3 Å². The molecule has 17 heavy (non-hydrogen) atoms. The van der Waals surface area contributed by atoms with E-state index < -0.39 is 0 Å². The highest BCUT2D eigenvalue weighted by Crippen LogP contribution is 2.32. The Morgan fingerprint density at radius 3 is 2.82 bits per heavy atom. The number of rotatable bonds is 1. The molecular weight excluding hydrogens is 212 g/mol. The molecule has 1 fully saturated rings. The van der Waals surface area contributed by atoms with E-state index >= 15 is 0 Å². The van der Waals surface area contributed by atoms with E-state index in [9.17, 15) is 4.79 Å². The number of hydrogen-bond donors (Lipinski definition) is 1. The zero-order valence-electron chi connectivity index (χ0n) is 9.99. The molecule has 1 aliphatic rings. The normalized spacial score (nSPS) is 16.8. The van der Waals surface area contributed by atoms with Gasteiger partial charge in [0, 0.05) is 5.92 Å². The van der Waals surface area contributed by atoms with Crippen LogP contribution in [0, 0.1) is 6.92 Å². The van der Waals surface area contributed by atoms with E-state index in [0.717, 1.165) is 29.7 Å². The molecule has 1 heterocycles. The average Bonchev–Trinajstić information content (AvgIpc) is 2.84. The molecule has 3 heteroatoms. The third-order valence-corrected chi connectivity index (χ3v) is 3.70. The minimum atomic E-state index is 0.000556. The highest BCUT2D eigenvalue weighted by Gasteiger charge is 2.20. The van der Waals surface area contributed by atoms with E-state index in [1.54, 1.807) is 0 Å². The summed E-state index contributed by atoms with van der Waals surface area (Å²) in [6, 6.07) is 5.75. The van der Waals surface area contributed by atoms with Gasteiger partial charge >= 0.3 is 0 Å². The third kappa shape index (κ3) is 1.75. The number of hydrogen-bond acceptors (Lipinski definition) is 2. The molecular formula is C14H16N2O. The molecule has 1 aromatic heterocycles. The van der Waals surface area contributed by atoms with Crippen molar-refractivity contribution >= 4 is 10.9 Å². The lowest BCUT2D eigenvalue weighted by Gasteiger charge is -2.09. The number of aromatic nitrogens is 2. The first-order valence-electron chi connectivity index (χ1n) is 6.25. The molecule has 1 aromatic carbocycles. The Morgan fingerprint density at radius 2 is 2.06 bits per heavy atom. The van der Waals surface area contributed by atoms with Gasteiger partial charge in [0.25, 0.3) is 5.56 Å². The summed E-state index contributed by atoms with van der Waals surface area (Å²) in [4.78, 5) is 19.6. The largest absolute Gasteiger partial charge is 0.310 e. The topological polar surface area (TPSA) is 45.8 Å². The zero-order chi connectivity index (χ0) is 11.8. The monoisotopic (exact) mass is 228 g/mol. The van der Waals surface area contributed by atoms with Gasteiger partial charge in [0.2, 0.25) is 0 Å². The molecule has 0 bridgehead atoms. The number of fused-ring (bicyclic) bond motifs is 1. The fourth-order valence-electron chi connectivity index (χ4n) is 2.72. The minimum absolute atomic E-state index is 0.000556. The summed E-state index contributed by atoms with van der Waals surface area (Å²) in [5.41, 5.74) is 1.94. The second kappa shape index (κ2) is 3.99. The van der Waals surface area contributed by atoms with E-state index in [2.05, 4.69) is 9.97 Å². The average molecular weight is 228 g/mol. The molecule has 2 aromatic rings. The molecule has 0 spiro atoms. The van der Waals surface area contributed by atoms with Gasteiger partial charge in [-0.2, -0.15) is 0 Å². The first kappa shape index (κ1) is 10.5. The van der Waals surface area contributed by atoms with Crippen LogP contribution in [0.3, 0.4) is 0 Å². The maximum absolute atomic E-state index is 12.0. The molecule has 0 unspecified atom stereocenters. The summed E-state index contributed by atoms with van der Waals surface area (Å²) in [6.07, 6.45) is 4.81. The summed E-state index contributed by atoms with van der Waals surface area (Å²) >= 11 is 0. The van der Waals surface area contributed by atoms with E-state index in [1.165, 1.54) is 12.8 Å². The van der Waals surface area contributed by atoms with Gasteiger partial charge < -0.3 is 4.98 Å². The molecule has 1 saturated carbocycles. The van der Waals surface area contributed by atoms with Gasteiger partial charge in [0.05, 0.1) is 10.9 Å². The minimum Gasteiger partial charge on any atom is -0.310 e. The number of nitrogens with zero attached hydrogens (tertiary/aromatic N) is 1. The van der Waals surface area contributed by atoms with E-state index in [1.807, 2.05) is 25.1 Å². The number of nitrogens with one attached hydrogen (secondary N) is 1. The predicted octanol–water partition coefficient (Wildman–Crippen LogP) is 2.89. The van der Waals surface area contributed by atoms with Crippen molar-refractivity contribution in [1.29, 1.82) is 0 Å².